The molecule has 0 aromatic rings. The number of esters is 1. The molecule has 1 N–H and O–H groups in total. The molecule has 4 aliphatic carbocycles. The molecule has 0 amide bonds. The molecule has 3 heteroatoms. The van der Waals surface area contributed by atoms with E-state index in [1.54, 1.807) is 0 Å². The first-order valence-electron chi connectivity index (χ1n) is 8.30. The molecule has 0 aliphatic heterocycles. The summed E-state index contributed by atoms with van der Waals surface area (Å²) in [6.07, 6.45) is 7.28. The van der Waals surface area contributed by atoms with Crippen molar-refractivity contribution in [1.82, 2.24) is 0 Å². The predicted molar refractivity (Wildman–Crippen MR) is 77.1 cm³/mol. The summed E-state index contributed by atoms with van der Waals surface area (Å²) in [7, 11) is 0. The molecule has 4 fully saturated rings. The van der Waals surface area contributed by atoms with Gasteiger partial charge in [0, 0.05) is 12.3 Å². The Morgan fingerprint density at radius 3 is 2.70 bits per heavy atom. The van der Waals surface area contributed by atoms with Crippen LogP contribution in [-0.2, 0) is 9.53 Å². The highest BCUT2D eigenvalue weighted by Crippen LogP contribution is 2.64. The summed E-state index contributed by atoms with van der Waals surface area (Å²) in [5.41, 5.74) is -1.23. The average Bonchev–Trinajstić information content (AvgIpc) is 2.70. The Bertz CT molecular complexity index is 420. The zero-order valence-electron chi connectivity index (χ0n) is 13.1. The van der Waals surface area contributed by atoms with Gasteiger partial charge in [0.15, 0.2) is 0 Å². The van der Waals surface area contributed by atoms with Crippen LogP contribution in [0.4, 0.5) is 0 Å². The van der Waals surface area contributed by atoms with Gasteiger partial charge in [-0.2, -0.15) is 0 Å². The van der Waals surface area contributed by atoms with E-state index >= 15 is 0 Å². The van der Waals surface area contributed by atoms with Crippen LogP contribution in [0, 0.1) is 17.3 Å². The Morgan fingerprint density at radius 1 is 1.35 bits per heavy atom. The van der Waals surface area contributed by atoms with E-state index < -0.39 is 5.60 Å². The van der Waals surface area contributed by atoms with E-state index in [1.165, 1.54) is 0 Å². The van der Waals surface area contributed by atoms with Crippen LogP contribution in [0.2, 0.25) is 0 Å². The molecule has 5 unspecified atom stereocenters. The Hall–Kier alpha value is -0.570. The third-order valence-corrected chi connectivity index (χ3v) is 6.29. The van der Waals surface area contributed by atoms with Gasteiger partial charge >= 0.3 is 5.97 Å². The lowest BCUT2D eigenvalue weighted by Crippen LogP contribution is -2.44. The van der Waals surface area contributed by atoms with Crippen molar-refractivity contribution in [3.63, 3.8) is 0 Å². The minimum atomic E-state index is -0.542. The normalized spacial score (nSPS) is 44.6. The molecule has 4 bridgehead atoms. The van der Waals surface area contributed by atoms with Crippen molar-refractivity contribution in [3.8, 4) is 0 Å². The van der Waals surface area contributed by atoms with Gasteiger partial charge < -0.3 is 9.84 Å². The minimum Gasteiger partial charge on any atom is -0.458 e. The number of carbonyl (C=O) groups is 1. The zero-order chi connectivity index (χ0) is 14.6. The van der Waals surface area contributed by atoms with Crippen molar-refractivity contribution in [1.29, 1.82) is 0 Å². The maximum absolute atomic E-state index is 12.7. The Kier molecular flexibility index (Phi) is 3.20. The second-order valence-electron chi connectivity index (χ2n) is 7.93. The van der Waals surface area contributed by atoms with E-state index in [0.717, 1.165) is 44.9 Å². The lowest BCUT2D eigenvalue weighted by Gasteiger charge is -2.39. The van der Waals surface area contributed by atoms with E-state index in [2.05, 4.69) is 13.8 Å². The molecule has 0 heterocycles. The highest BCUT2D eigenvalue weighted by molar-refractivity contribution is 5.77. The van der Waals surface area contributed by atoms with E-state index in [-0.39, 0.29) is 17.0 Å². The van der Waals surface area contributed by atoms with Gasteiger partial charge in [-0.05, 0) is 51.4 Å². The molecular weight excluding hydrogens is 252 g/mol. The van der Waals surface area contributed by atoms with Gasteiger partial charge in [-0.25, -0.2) is 0 Å². The molecule has 0 saturated heterocycles. The number of aliphatic hydroxyl groups is 1. The van der Waals surface area contributed by atoms with Crippen LogP contribution in [0.3, 0.4) is 0 Å². The molecule has 0 aromatic carbocycles. The number of carbonyl (C=O) groups excluding carboxylic acids is 1. The summed E-state index contributed by atoms with van der Waals surface area (Å²) in [4.78, 5) is 12.7. The second kappa shape index (κ2) is 4.46. The molecule has 0 spiro atoms. The largest absolute Gasteiger partial charge is 0.458 e. The Morgan fingerprint density at radius 2 is 2.10 bits per heavy atom. The maximum Gasteiger partial charge on any atom is 0.312 e. The summed E-state index contributed by atoms with van der Waals surface area (Å²) < 4.78 is 6.10. The standard InChI is InChI=1S/C17H28O3/c1-4-6-15(3,5-2)14(18)20-17-9-12-7-13(17)10-16(19,8-12)11-17/h12-13,19H,4-11H2,1-3H3. The molecule has 3 nitrogen and oxygen atoms in total. The van der Waals surface area contributed by atoms with Gasteiger partial charge in [0.2, 0.25) is 0 Å². The summed E-state index contributed by atoms with van der Waals surface area (Å²) in [6.45, 7) is 6.22. The van der Waals surface area contributed by atoms with Crippen molar-refractivity contribution in [2.75, 3.05) is 0 Å². The molecule has 114 valence electrons. The van der Waals surface area contributed by atoms with Crippen LogP contribution >= 0.6 is 0 Å². The zero-order valence-corrected chi connectivity index (χ0v) is 13.1. The molecule has 4 aliphatic rings. The van der Waals surface area contributed by atoms with E-state index in [1.807, 2.05) is 6.92 Å². The van der Waals surface area contributed by atoms with Crippen LogP contribution in [0.1, 0.15) is 72.1 Å². The van der Waals surface area contributed by atoms with Gasteiger partial charge in [-0.3, -0.25) is 4.79 Å². The first kappa shape index (κ1) is 14.4. The second-order valence-corrected chi connectivity index (χ2v) is 7.93. The molecule has 5 atom stereocenters. The van der Waals surface area contributed by atoms with Gasteiger partial charge in [0.05, 0.1) is 11.0 Å². The quantitative estimate of drug-likeness (QED) is 0.785. The topological polar surface area (TPSA) is 46.5 Å². The molecule has 0 radical (unpaired) electrons. The molecule has 20 heavy (non-hydrogen) atoms. The number of hydrogen-bond acceptors (Lipinski definition) is 3. The molecular formula is C17H28O3. The average molecular weight is 280 g/mol. The van der Waals surface area contributed by atoms with Crippen LogP contribution in [0.15, 0.2) is 0 Å². The first-order valence-corrected chi connectivity index (χ1v) is 8.30. The Labute approximate surface area is 122 Å². The van der Waals surface area contributed by atoms with Gasteiger partial charge in [-0.15, -0.1) is 0 Å². The van der Waals surface area contributed by atoms with Gasteiger partial charge in [-0.1, -0.05) is 20.3 Å². The van der Waals surface area contributed by atoms with Crippen molar-refractivity contribution in [3.05, 3.63) is 0 Å². The predicted octanol–water partition coefficient (Wildman–Crippen LogP) is 3.44. The van der Waals surface area contributed by atoms with Crippen LogP contribution in [0.25, 0.3) is 0 Å². The smallest absolute Gasteiger partial charge is 0.312 e. The summed E-state index contributed by atoms with van der Waals surface area (Å²) in [5.74, 6) is 0.941. The molecule has 4 saturated carbocycles. The fraction of sp³-hybridized carbons (Fsp3) is 0.941. The fourth-order valence-electron chi connectivity index (χ4n) is 5.22. The summed E-state index contributed by atoms with van der Waals surface area (Å²) in [5, 5.41) is 10.6. The SMILES string of the molecule is CCCC(C)(CC)C(=O)OC12CC3CC1CC(O)(C3)C2. The summed E-state index contributed by atoms with van der Waals surface area (Å²) >= 11 is 0. The van der Waals surface area contributed by atoms with Gasteiger partial charge in [0.1, 0.15) is 5.60 Å². The molecule has 4 rings (SSSR count). The number of rotatable bonds is 5. The minimum absolute atomic E-state index is 0.0290. The van der Waals surface area contributed by atoms with E-state index in [9.17, 15) is 9.90 Å². The van der Waals surface area contributed by atoms with Crippen LogP contribution in [-0.4, -0.2) is 22.3 Å². The number of ether oxygens (including phenoxy) is 1. The third kappa shape index (κ3) is 2.01. The van der Waals surface area contributed by atoms with Gasteiger partial charge in [0.25, 0.3) is 0 Å². The highest BCUT2D eigenvalue weighted by atomic mass is 16.6. The van der Waals surface area contributed by atoms with Crippen molar-refractivity contribution in [2.24, 2.45) is 17.3 Å². The van der Waals surface area contributed by atoms with Crippen molar-refractivity contribution >= 4 is 5.97 Å². The maximum atomic E-state index is 12.7. The Balaban J connectivity index is 1.77. The monoisotopic (exact) mass is 280 g/mol. The third-order valence-electron chi connectivity index (χ3n) is 6.29. The van der Waals surface area contributed by atoms with E-state index in [0.29, 0.717) is 18.3 Å². The first-order chi connectivity index (χ1) is 9.35. The van der Waals surface area contributed by atoms with Crippen LogP contribution in [0.5, 0.6) is 0 Å². The van der Waals surface area contributed by atoms with Crippen molar-refractivity contribution < 1.29 is 14.6 Å². The van der Waals surface area contributed by atoms with Crippen molar-refractivity contribution in [2.45, 2.75) is 83.3 Å². The summed E-state index contributed by atoms with van der Waals surface area (Å²) in [6, 6.07) is 0. The highest BCUT2D eigenvalue weighted by Gasteiger charge is 2.66. The lowest BCUT2D eigenvalue weighted by atomic mass is 9.77. The lowest BCUT2D eigenvalue weighted by molar-refractivity contribution is -0.178. The molecule has 0 aromatic heterocycles. The number of hydrogen-bond donors (Lipinski definition) is 1. The fourth-order valence-corrected chi connectivity index (χ4v) is 5.22. The van der Waals surface area contributed by atoms with E-state index in [4.69, 9.17) is 4.74 Å². The van der Waals surface area contributed by atoms with Crippen LogP contribution < -0.4 is 0 Å².